The fourth-order valence-corrected chi connectivity index (χ4v) is 0.924. The molecule has 0 aliphatic heterocycles. The van der Waals surface area contributed by atoms with Crippen LogP contribution in [0.2, 0.25) is 0 Å². The highest BCUT2D eigenvalue weighted by Crippen LogP contribution is 2.00. The highest BCUT2D eigenvalue weighted by Gasteiger charge is 1.98. The van der Waals surface area contributed by atoms with Crippen molar-refractivity contribution in [2.45, 2.75) is 19.9 Å². The molecule has 0 bridgehead atoms. The van der Waals surface area contributed by atoms with Gasteiger partial charge in [-0.2, -0.15) is 0 Å². The molecule has 0 fully saturated rings. The van der Waals surface area contributed by atoms with Crippen LogP contribution in [0.4, 0.5) is 0 Å². The van der Waals surface area contributed by atoms with Gasteiger partial charge in [0.25, 0.3) is 5.56 Å². The van der Waals surface area contributed by atoms with Gasteiger partial charge in [-0.05, 0) is 19.4 Å². The van der Waals surface area contributed by atoms with Crippen molar-refractivity contribution < 1.29 is 0 Å². The minimum absolute atomic E-state index is 0.00537. The third-order valence-corrected chi connectivity index (χ3v) is 1.52. The molecule has 0 atom stereocenters. The van der Waals surface area contributed by atoms with E-state index in [0.29, 0.717) is 5.56 Å². The maximum absolute atomic E-state index is 11.1. The quantitative estimate of drug-likeness (QED) is 0.593. The summed E-state index contributed by atoms with van der Waals surface area (Å²) in [7, 11) is 0. The molecule has 2 heteroatoms. The summed E-state index contributed by atoms with van der Waals surface area (Å²) in [5.74, 6) is 0. The van der Waals surface area contributed by atoms with Gasteiger partial charge in [-0.25, -0.2) is 0 Å². The van der Waals surface area contributed by atoms with Crippen LogP contribution in [-0.2, 0) is 0 Å². The van der Waals surface area contributed by atoms with Gasteiger partial charge in [-0.1, -0.05) is 6.07 Å². The molecule has 2 radical (unpaired) electrons. The summed E-state index contributed by atoms with van der Waals surface area (Å²) in [6.07, 6.45) is 1.66. The lowest BCUT2D eigenvalue weighted by Crippen LogP contribution is -2.20. The Morgan fingerprint density at radius 3 is 2.55 bits per heavy atom. The van der Waals surface area contributed by atoms with Crippen molar-refractivity contribution in [3.05, 3.63) is 41.2 Å². The first-order valence-electron chi connectivity index (χ1n) is 3.59. The van der Waals surface area contributed by atoms with E-state index in [4.69, 9.17) is 6.92 Å². The lowest BCUT2D eigenvalue weighted by molar-refractivity contribution is 0.577. The third-order valence-electron chi connectivity index (χ3n) is 1.52. The number of pyridine rings is 1. The molecular formula is C9H11NO. The Balaban J connectivity index is 3.24. The van der Waals surface area contributed by atoms with Gasteiger partial charge >= 0.3 is 0 Å². The van der Waals surface area contributed by atoms with Crippen LogP contribution in [0.3, 0.4) is 0 Å². The summed E-state index contributed by atoms with van der Waals surface area (Å²) in [6.45, 7) is 9.40. The molecule has 0 N–H and O–H groups in total. The van der Waals surface area contributed by atoms with E-state index in [1.54, 1.807) is 16.8 Å². The van der Waals surface area contributed by atoms with Crippen molar-refractivity contribution in [2.75, 3.05) is 0 Å². The van der Waals surface area contributed by atoms with Crippen LogP contribution in [0.5, 0.6) is 0 Å². The molecule has 1 heterocycles. The summed E-state index contributed by atoms with van der Waals surface area (Å²) >= 11 is 0. The maximum atomic E-state index is 11.1. The van der Waals surface area contributed by atoms with Gasteiger partial charge in [0.1, 0.15) is 0 Å². The number of hydrogen-bond acceptors (Lipinski definition) is 1. The van der Waals surface area contributed by atoms with Crippen molar-refractivity contribution in [3.63, 3.8) is 0 Å². The van der Waals surface area contributed by atoms with Crippen molar-refractivity contribution in [1.29, 1.82) is 0 Å². The van der Waals surface area contributed by atoms with Crippen LogP contribution in [0.15, 0.2) is 23.1 Å². The summed E-state index contributed by atoms with van der Waals surface area (Å²) in [6, 6.07) is 3.27. The van der Waals surface area contributed by atoms with Crippen LogP contribution in [0.25, 0.3) is 0 Å². The van der Waals surface area contributed by atoms with Crippen LogP contribution >= 0.6 is 0 Å². The average molecular weight is 149 g/mol. The molecule has 58 valence electrons. The van der Waals surface area contributed by atoms with E-state index in [9.17, 15) is 4.79 Å². The summed E-state index contributed by atoms with van der Waals surface area (Å²) in [4.78, 5) is 11.1. The van der Waals surface area contributed by atoms with Gasteiger partial charge in [-0.3, -0.25) is 4.79 Å². The van der Waals surface area contributed by atoms with E-state index >= 15 is 0 Å². The molecule has 11 heavy (non-hydrogen) atoms. The third kappa shape index (κ3) is 1.70. The lowest BCUT2D eigenvalue weighted by Gasteiger charge is -2.08. The van der Waals surface area contributed by atoms with E-state index in [-0.39, 0.29) is 11.6 Å². The van der Waals surface area contributed by atoms with Crippen LogP contribution in [-0.4, -0.2) is 4.57 Å². The second-order valence-corrected chi connectivity index (χ2v) is 2.80. The molecule has 0 saturated carbocycles. The van der Waals surface area contributed by atoms with Crippen molar-refractivity contribution in [3.8, 4) is 0 Å². The normalized spacial score (nSPS) is 10.5. The average Bonchev–Trinajstić information content (AvgIpc) is 1.94. The Labute approximate surface area is 66.5 Å². The molecule has 2 nitrogen and oxygen atoms in total. The van der Waals surface area contributed by atoms with Gasteiger partial charge in [0.05, 0.1) is 0 Å². The van der Waals surface area contributed by atoms with E-state index < -0.39 is 0 Å². The molecule has 0 amide bonds. The first-order valence-corrected chi connectivity index (χ1v) is 3.59. The predicted molar refractivity (Wildman–Crippen MR) is 44.5 cm³/mol. The number of aromatic nitrogens is 1. The van der Waals surface area contributed by atoms with E-state index in [0.717, 1.165) is 0 Å². The van der Waals surface area contributed by atoms with Crippen molar-refractivity contribution in [1.82, 2.24) is 4.57 Å². The highest BCUT2D eigenvalue weighted by atomic mass is 16.1. The van der Waals surface area contributed by atoms with E-state index in [1.807, 2.05) is 13.8 Å². The lowest BCUT2D eigenvalue weighted by atomic mass is 10.3. The first kappa shape index (κ1) is 8.05. The topological polar surface area (TPSA) is 22.0 Å². The smallest absolute Gasteiger partial charge is 0.250 e. The molecule has 0 unspecified atom stereocenters. The zero-order valence-corrected chi connectivity index (χ0v) is 6.74. The van der Waals surface area contributed by atoms with Gasteiger partial charge < -0.3 is 4.57 Å². The van der Waals surface area contributed by atoms with Gasteiger partial charge in [0.15, 0.2) is 0 Å². The van der Waals surface area contributed by atoms with E-state index in [1.165, 1.54) is 6.07 Å². The van der Waals surface area contributed by atoms with Gasteiger partial charge in [0.2, 0.25) is 0 Å². The van der Waals surface area contributed by atoms with Crippen LogP contribution in [0, 0.1) is 6.92 Å². The molecule has 0 aromatic carbocycles. The second kappa shape index (κ2) is 2.91. The Morgan fingerprint density at radius 2 is 2.09 bits per heavy atom. The molecule has 1 aromatic rings. The Kier molecular flexibility index (Phi) is 2.13. The molecular weight excluding hydrogens is 138 g/mol. The maximum Gasteiger partial charge on any atom is 0.250 e. The molecule has 0 aliphatic rings. The summed E-state index contributed by atoms with van der Waals surface area (Å²) in [5, 5.41) is 0. The fraction of sp³-hybridized carbons (Fsp3) is 0.333. The second-order valence-electron chi connectivity index (χ2n) is 2.80. The molecule has 1 rings (SSSR count). The van der Waals surface area contributed by atoms with Gasteiger partial charge in [0, 0.05) is 25.2 Å². The summed E-state index contributed by atoms with van der Waals surface area (Å²) in [5.41, 5.74) is 0.618. The number of rotatable bonds is 1. The Bertz CT molecular complexity index is 299. The SMILES string of the molecule is [CH]c1ccc(=O)n(C(C)C)c1. The van der Waals surface area contributed by atoms with Gasteiger partial charge in [-0.15, -0.1) is 0 Å². The minimum atomic E-state index is -0.00537. The highest BCUT2D eigenvalue weighted by molar-refractivity contribution is 5.13. The molecule has 0 spiro atoms. The largest absolute Gasteiger partial charge is 0.313 e. The Hall–Kier alpha value is -1.05. The predicted octanol–water partition coefficient (Wildman–Crippen LogP) is 1.49. The molecule has 0 saturated heterocycles. The standard InChI is InChI=1S/C9H11NO/c1-7(2)10-6-8(3)4-5-9(10)11/h3-7H,1-2H3. The van der Waals surface area contributed by atoms with Crippen molar-refractivity contribution >= 4 is 0 Å². The molecule has 0 aliphatic carbocycles. The number of hydrogen-bond donors (Lipinski definition) is 0. The first-order chi connectivity index (χ1) is 5.11. The van der Waals surface area contributed by atoms with Crippen LogP contribution < -0.4 is 5.56 Å². The number of nitrogens with zero attached hydrogens (tertiary/aromatic N) is 1. The zero-order valence-electron chi connectivity index (χ0n) is 6.74. The zero-order chi connectivity index (χ0) is 8.43. The minimum Gasteiger partial charge on any atom is -0.313 e. The molecule has 1 aromatic heterocycles. The van der Waals surface area contributed by atoms with E-state index in [2.05, 4.69) is 0 Å². The van der Waals surface area contributed by atoms with Crippen molar-refractivity contribution in [2.24, 2.45) is 0 Å². The Morgan fingerprint density at radius 1 is 1.45 bits per heavy atom. The monoisotopic (exact) mass is 149 g/mol. The summed E-state index contributed by atoms with van der Waals surface area (Å²) < 4.78 is 1.61. The fourth-order valence-electron chi connectivity index (χ4n) is 0.924. The van der Waals surface area contributed by atoms with Crippen LogP contribution in [0.1, 0.15) is 25.5 Å².